The van der Waals surface area contributed by atoms with Gasteiger partial charge in [0.2, 0.25) is 0 Å². The normalized spacial score (nSPS) is 12.5. The van der Waals surface area contributed by atoms with Crippen molar-refractivity contribution >= 4 is 39.3 Å². The molecule has 0 aliphatic rings. The number of para-hydroxylation sites is 1. The third-order valence-electron chi connectivity index (χ3n) is 1.13. The van der Waals surface area contributed by atoms with Crippen molar-refractivity contribution in [3.05, 3.63) is 27.8 Å². The molecule has 1 aromatic carbocycles. The van der Waals surface area contributed by atoms with Gasteiger partial charge in [-0.05, 0) is 34.7 Å². The van der Waals surface area contributed by atoms with Gasteiger partial charge in [-0.1, -0.05) is 12.1 Å². The summed E-state index contributed by atoms with van der Waals surface area (Å²) in [7, 11) is -0.982. The summed E-state index contributed by atoms with van der Waals surface area (Å²) in [5.41, 5.74) is 0.925. The minimum absolute atomic E-state index is 0.925. The lowest BCUT2D eigenvalue weighted by molar-refractivity contribution is 0.690. The number of anilines is 1. The molecule has 0 aromatic heterocycles. The first-order valence-corrected chi connectivity index (χ1v) is 5.68. The molecule has 4 heteroatoms. The summed E-state index contributed by atoms with van der Waals surface area (Å²) < 4.78 is 14.7. The molecule has 1 aromatic rings. The topological polar surface area (TPSA) is 29.1 Å². The van der Waals surface area contributed by atoms with Gasteiger partial charge in [-0.3, -0.25) is 0 Å². The highest BCUT2D eigenvalue weighted by molar-refractivity contribution is 14.1. The maximum atomic E-state index is 10.8. The van der Waals surface area contributed by atoms with Gasteiger partial charge in [0.1, 0.15) is 11.0 Å². The first-order valence-electron chi connectivity index (χ1n) is 3.05. The van der Waals surface area contributed by atoms with Gasteiger partial charge in [-0.15, -0.1) is 0 Å². The molecule has 11 heavy (non-hydrogen) atoms. The van der Waals surface area contributed by atoms with Crippen molar-refractivity contribution in [1.82, 2.24) is 0 Å². The van der Waals surface area contributed by atoms with Crippen molar-refractivity contribution in [1.29, 1.82) is 0 Å². The Labute approximate surface area is 82.1 Å². The van der Waals surface area contributed by atoms with Crippen molar-refractivity contribution in [2.45, 2.75) is 0 Å². The van der Waals surface area contributed by atoms with Crippen LogP contribution in [0.2, 0.25) is 0 Å². The molecule has 0 bridgehead atoms. The fourth-order valence-corrected chi connectivity index (χ4v) is 1.89. The van der Waals surface area contributed by atoms with Crippen LogP contribution in [0.5, 0.6) is 0 Å². The van der Waals surface area contributed by atoms with Gasteiger partial charge in [0.25, 0.3) is 0 Å². The molecule has 0 radical (unpaired) electrons. The van der Waals surface area contributed by atoms with E-state index in [9.17, 15) is 4.21 Å². The molecular weight excluding hydrogens is 273 g/mol. The Morgan fingerprint density at radius 2 is 2.09 bits per heavy atom. The lowest BCUT2D eigenvalue weighted by Gasteiger charge is -2.03. The number of halogens is 1. The van der Waals surface area contributed by atoms with Gasteiger partial charge in [-0.2, -0.15) is 0 Å². The predicted octanol–water partition coefficient (Wildman–Crippen LogP) is 2.00. The Balaban J connectivity index is 2.86. The van der Waals surface area contributed by atoms with E-state index in [4.69, 9.17) is 0 Å². The fourth-order valence-electron chi connectivity index (χ4n) is 0.699. The maximum absolute atomic E-state index is 10.8. The Bertz CT molecular complexity index is 277. The second kappa shape index (κ2) is 4.06. The average Bonchev–Trinajstić information content (AvgIpc) is 1.93. The number of hydrogen-bond donors (Lipinski definition) is 1. The Kier molecular flexibility index (Phi) is 3.32. The molecule has 0 aliphatic carbocycles. The molecular formula is C7H8INOS. The number of benzene rings is 1. The summed E-state index contributed by atoms with van der Waals surface area (Å²) in [4.78, 5) is 0. The van der Waals surface area contributed by atoms with Crippen molar-refractivity contribution in [2.24, 2.45) is 0 Å². The standard InChI is InChI=1S/C7H8INOS/c1-11(10)9-7-5-3-2-4-6(7)8/h2-5,9H,1H3. The van der Waals surface area contributed by atoms with Crippen molar-refractivity contribution in [3.8, 4) is 0 Å². The second-order valence-electron chi connectivity index (χ2n) is 2.04. The van der Waals surface area contributed by atoms with Gasteiger partial charge in [0, 0.05) is 9.83 Å². The van der Waals surface area contributed by atoms with Crippen LogP contribution in [0, 0.1) is 3.57 Å². The quantitative estimate of drug-likeness (QED) is 0.825. The molecule has 2 nitrogen and oxygen atoms in total. The zero-order valence-electron chi connectivity index (χ0n) is 6.00. The summed E-state index contributed by atoms with van der Waals surface area (Å²) in [6.07, 6.45) is 1.61. The first-order chi connectivity index (χ1) is 5.20. The molecule has 60 valence electrons. The van der Waals surface area contributed by atoms with Gasteiger partial charge in [0.15, 0.2) is 0 Å². The van der Waals surface area contributed by atoms with Crippen LogP contribution < -0.4 is 4.72 Å². The third-order valence-corrected chi connectivity index (χ3v) is 2.58. The molecule has 0 heterocycles. The van der Waals surface area contributed by atoms with E-state index >= 15 is 0 Å². The molecule has 0 saturated carbocycles. The van der Waals surface area contributed by atoms with Crippen LogP contribution in [0.4, 0.5) is 5.69 Å². The average molecular weight is 281 g/mol. The van der Waals surface area contributed by atoms with Crippen LogP contribution in [0.25, 0.3) is 0 Å². The van der Waals surface area contributed by atoms with Crippen molar-refractivity contribution < 1.29 is 4.21 Å². The summed E-state index contributed by atoms with van der Waals surface area (Å²) in [5, 5.41) is 0. The second-order valence-corrected chi connectivity index (χ2v) is 4.31. The highest BCUT2D eigenvalue weighted by Crippen LogP contribution is 2.16. The molecule has 0 amide bonds. The highest BCUT2D eigenvalue weighted by Gasteiger charge is 1.96. The smallest absolute Gasteiger partial charge is 0.113 e. The van der Waals surface area contributed by atoms with Crippen LogP contribution in [0.15, 0.2) is 24.3 Å². The molecule has 1 N–H and O–H groups in total. The zero-order chi connectivity index (χ0) is 8.27. The zero-order valence-corrected chi connectivity index (χ0v) is 8.98. The molecule has 1 unspecified atom stereocenters. The maximum Gasteiger partial charge on any atom is 0.113 e. The lowest BCUT2D eigenvalue weighted by Crippen LogP contribution is -2.02. The molecule has 0 aliphatic heterocycles. The molecule has 0 spiro atoms. The number of rotatable bonds is 2. The van der Waals surface area contributed by atoms with Crippen molar-refractivity contribution in [2.75, 3.05) is 11.0 Å². The number of nitrogens with one attached hydrogen (secondary N) is 1. The highest BCUT2D eigenvalue weighted by atomic mass is 127. The minimum Gasteiger partial charge on any atom is -0.304 e. The predicted molar refractivity (Wildman–Crippen MR) is 56.8 cm³/mol. The Hall–Kier alpha value is -0.100. The van der Waals surface area contributed by atoms with E-state index in [1.54, 1.807) is 6.26 Å². The van der Waals surface area contributed by atoms with Crippen LogP contribution >= 0.6 is 22.6 Å². The molecule has 0 saturated heterocycles. The van der Waals surface area contributed by atoms with E-state index in [-0.39, 0.29) is 0 Å². The van der Waals surface area contributed by atoms with E-state index in [1.165, 1.54) is 0 Å². The monoisotopic (exact) mass is 281 g/mol. The van der Waals surface area contributed by atoms with E-state index in [0.29, 0.717) is 0 Å². The Morgan fingerprint density at radius 1 is 1.45 bits per heavy atom. The fraction of sp³-hybridized carbons (Fsp3) is 0.143. The SMILES string of the molecule is CS(=O)Nc1ccccc1I. The van der Waals surface area contributed by atoms with E-state index in [2.05, 4.69) is 27.3 Å². The lowest BCUT2D eigenvalue weighted by atomic mass is 10.3. The first kappa shape index (κ1) is 8.99. The van der Waals surface area contributed by atoms with Crippen LogP contribution in [-0.2, 0) is 11.0 Å². The summed E-state index contributed by atoms with van der Waals surface area (Å²) in [6, 6.07) is 7.74. The van der Waals surface area contributed by atoms with E-state index in [1.807, 2.05) is 24.3 Å². The van der Waals surface area contributed by atoms with Gasteiger partial charge in [-0.25, -0.2) is 4.21 Å². The summed E-state index contributed by atoms with van der Waals surface area (Å²) in [5.74, 6) is 0. The van der Waals surface area contributed by atoms with Crippen molar-refractivity contribution in [3.63, 3.8) is 0 Å². The van der Waals surface area contributed by atoms with Gasteiger partial charge < -0.3 is 4.72 Å². The molecule has 1 rings (SSSR count). The largest absolute Gasteiger partial charge is 0.304 e. The molecule has 0 fully saturated rings. The van der Waals surface area contributed by atoms with Gasteiger partial charge in [0.05, 0.1) is 5.69 Å². The van der Waals surface area contributed by atoms with E-state index < -0.39 is 11.0 Å². The Morgan fingerprint density at radius 3 is 2.64 bits per heavy atom. The van der Waals surface area contributed by atoms with Gasteiger partial charge >= 0.3 is 0 Å². The number of hydrogen-bond acceptors (Lipinski definition) is 1. The van der Waals surface area contributed by atoms with Crippen LogP contribution in [-0.4, -0.2) is 10.5 Å². The van der Waals surface area contributed by atoms with Crippen LogP contribution in [0.3, 0.4) is 0 Å². The summed E-state index contributed by atoms with van der Waals surface area (Å²) in [6.45, 7) is 0. The summed E-state index contributed by atoms with van der Waals surface area (Å²) >= 11 is 2.20. The van der Waals surface area contributed by atoms with Crippen LogP contribution in [0.1, 0.15) is 0 Å². The third kappa shape index (κ3) is 2.78. The van der Waals surface area contributed by atoms with E-state index in [0.717, 1.165) is 9.26 Å². The minimum atomic E-state index is -0.982. The molecule has 1 atom stereocenters.